The van der Waals surface area contributed by atoms with Crippen LogP contribution in [0.15, 0.2) is 36.5 Å². The van der Waals surface area contributed by atoms with Gasteiger partial charge in [0.1, 0.15) is 22.8 Å². The number of rotatable bonds is 6. The number of carbonyl (C=O) groups excluding carboxylic acids is 2. The number of ether oxygens (including phenoxy) is 2. The molecule has 1 saturated heterocycles. The zero-order valence-corrected chi connectivity index (χ0v) is 27.0. The van der Waals surface area contributed by atoms with Crippen LogP contribution in [0.2, 0.25) is 5.02 Å². The van der Waals surface area contributed by atoms with Crippen LogP contribution in [0.1, 0.15) is 51.8 Å². The lowest BCUT2D eigenvalue weighted by molar-refractivity contribution is -0.131. The van der Waals surface area contributed by atoms with Gasteiger partial charge in [-0.25, -0.2) is 14.2 Å². The molecule has 0 bridgehead atoms. The van der Waals surface area contributed by atoms with Gasteiger partial charge >= 0.3 is 6.09 Å². The van der Waals surface area contributed by atoms with E-state index in [1.54, 1.807) is 33.0 Å². The fraction of sp³-hybridized carbons (Fsp3) is 0.438. The molecule has 1 fully saturated rings. The molecule has 5 rings (SSSR count). The minimum Gasteiger partial charge on any atom is -0.507 e. The molecule has 2 aliphatic rings. The van der Waals surface area contributed by atoms with E-state index >= 15 is 4.39 Å². The number of carbonyl (C=O) groups is 2. The molecule has 2 amide bonds. The van der Waals surface area contributed by atoms with Gasteiger partial charge in [-0.2, -0.15) is 0 Å². The second-order valence-corrected chi connectivity index (χ2v) is 13.1. The maximum atomic E-state index is 15.1. The van der Waals surface area contributed by atoms with E-state index in [-0.39, 0.29) is 59.1 Å². The first-order valence-corrected chi connectivity index (χ1v) is 14.9. The number of benzene rings is 1. The van der Waals surface area contributed by atoms with E-state index in [0.29, 0.717) is 16.9 Å². The lowest BCUT2D eigenvalue weighted by atomic mass is 9.92. The monoisotopic (exact) mass is 641 g/mol. The third kappa shape index (κ3) is 5.89. The molecule has 4 heterocycles. The quantitative estimate of drug-likeness (QED) is 0.358. The molecule has 0 radical (unpaired) electrons. The maximum Gasteiger partial charge on any atom is 0.410 e. The molecular weight excluding hydrogens is 605 g/mol. The van der Waals surface area contributed by atoms with Crippen molar-refractivity contribution in [2.24, 2.45) is 0 Å². The second kappa shape index (κ2) is 11.7. The Kier molecular flexibility index (Phi) is 8.45. The number of phenols is 1. The average molecular weight is 642 g/mol. The highest BCUT2D eigenvalue weighted by molar-refractivity contribution is 6.33. The molecule has 45 heavy (non-hydrogen) atoms. The zero-order valence-electron chi connectivity index (χ0n) is 26.3. The summed E-state index contributed by atoms with van der Waals surface area (Å²) in [7, 11) is 1.49. The summed E-state index contributed by atoms with van der Waals surface area (Å²) in [6, 6.07) is 7.05. The molecular formula is C32H37ClFN5O6. The summed E-state index contributed by atoms with van der Waals surface area (Å²) in [4.78, 5) is 40.2. The van der Waals surface area contributed by atoms with Crippen LogP contribution in [-0.4, -0.2) is 81.3 Å². The van der Waals surface area contributed by atoms with Gasteiger partial charge in [0.25, 0.3) is 5.91 Å². The largest absolute Gasteiger partial charge is 0.507 e. The normalized spacial score (nSPS) is 17.8. The number of methoxy groups -OCH3 is 1. The third-order valence-corrected chi connectivity index (χ3v) is 8.14. The van der Waals surface area contributed by atoms with Crippen LogP contribution < -0.4 is 9.80 Å². The van der Waals surface area contributed by atoms with Gasteiger partial charge in [-0.15, -0.1) is 0 Å². The van der Waals surface area contributed by atoms with E-state index in [4.69, 9.17) is 21.1 Å². The Morgan fingerprint density at radius 1 is 1.24 bits per heavy atom. The molecule has 1 aromatic carbocycles. The number of phenolic OH excluding ortho intramolecular Hbond substituents is 1. The van der Waals surface area contributed by atoms with Gasteiger partial charge in [0.05, 0.1) is 53.0 Å². The van der Waals surface area contributed by atoms with Crippen molar-refractivity contribution in [3.63, 3.8) is 0 Å². The molecule has 0 aliphatic carbocycles. The van der Waals surface area contributed by atoms with Crippen LogP contribution in [0.25, 0.3) is 11.3 Å². The minimum absolute atomic E-state index is 0.0249. The smallest absolute Gasteiger partial charge is 0.410 e. The van der Waals surface area contributed by atoms with Crippen molar-refractivity contribution in [2.45, 2.75) is 64.9 Å². The van der Waals surface area contributed by atoms with Crippen molar-refractivity contribution < 1.29 is 33.7 Å². The van der Waals surface area contributed by atoms with Gasteiger partial charge in [0.15, 0.2) is 5.82 Å². The fourth-order valence-electron chi connectivity index (χ4n) is 5.63. The molecule has 2 N–H and O–H groups in total. The Morgan fingerprint density at radius 2 is 1.93 bits per heavy atom. The van der Waals surface area contributed by atoms with Gasteiger partial charge in [0, 0.05) is 13.3 Å². The summed E-state index contributed by atoms with van der Waals surface area (Å²) in [5, 5.41) is 22.2. The number of hydrogen-bond donors (Lipinski definition) is 2. The van der Waals surface area contributed by atoms with Crippen molar-refractivity contribution in [2.75, 3.05) is 36.5 Å². The van der Waals surface area contributed by atoms with Crippen LogP contribution in [-0.2, 0) is 14.3 Å². The number of aromatic hydroxyl groups is 1. The van der Waals surface area contributed by atoms with Crippen molar-refractivity contribution in [1.82, 2.24) is 14.9 Å². The predicted octanol–water partition coefficient (Wildman–Crippen LogP) is 5.51. The number of fused-ring (bicyclic) bond motifs is 1. The van der Waals surface area contributed by atoms with E-state index in [1.807, 2.05) is 20.8 Å². The Balaban J connectivity index is 1.65. The Hall–Kier alpha value is -4.00. The van der Waals surface area contributed by atoms with Crippen molar-refractivity contribution in [3.8, 4) is 17.0 Å². The summed E-state index contributed by atoms with van der Waals surface area (Å²) >= 11 is 6.71. The number of pyridine rings is 2. The first-order chi connectivity index (χ1) is 21.1. The zero-order chi connectivity index (χ0) is 33.0. The lowest BCUT2D eigenvalue weighted by Gasteiger charge is -2.52. The van der Waals surface area contributed by atoms with Crippen LogP contribution in [0.5, 0.6) is 5.75 Å². The van der Waals surface area contributed by atoms with E-state index in [9.17, 15) is 19.8 Å². The molecule has 2 aromatic heterocycles. The Morgan fingerprint density at radius 3 is 2.53 bits per heavy atom. The summed E-state index contributed by atoms with van der Waals surface area (Å²) < 4.78 is 26.4. The lowest BCUT2D eigenvalue weighted by Crippen LogP contribution is -2.70. The van der Waals surface area contributed by atoms with E-state index in [0.717, 1.165) is 0 Å². The van der Waals surface area contributed by atoms with Gasteiger partial charge in [-0.1, -0.05) is 31.5 Å². The van der Waals surface area contributed by atoms with Crippen LogP contribution in [0.4, 0.5) is 26.4 Å². The van der Waals surface area contributed by atoms with Gasteiger partial charge in [-0.3, -0.25) is 14.7 Å². The summed E-state index contributed by atoms with van der Waals surface area (Å²) in [6.45, 7) is 11.2. The maximum absolute atomic E-state index is 15.1. The number of aliphatic hydroxyl groups excluding tert-OH is 1. The summed E-state index contributed by atoms with van der Waals surface area (Å²) in [5.74, 6) is -1.93. The highest BCUT2D eigenvalue weighted by Crippen LogP contribution is 2.47. The number of hydrogen-bond acceptors (Lipinski definition) is 9. The number of aromatic nitrogens is 2. The summed E-state index contributed by atoms with van der Waals surface area (Å²) in [5.41, 5.74) is -0.0132. The number of aliphatic hydroxyl groups is 1. The van der Waals surface area contributed by atoms with Crippen molar-refractivity contribution in [1.29, 1.82) is 0 Å². The number of likely N-dealkylation sites (tertiary alicyclic amines) is 1. The molecule has 3 aromatic rings. The van der Waals surface area contributed by atoms with Crippen molar-refractivity contribution >= 4 is 40.8 Å². The standard InChI is InChI=1S/C32H37ClFN5O6/c1-17(2)24-26(18(3)11-12-35-24)39-27-21(13-19(33)25(36-27)23-20(34)9-8-10-22(23)40)38(28(41)29(39)42)16-32(44-7)14-37(15-32)30(43)45-31(4,5)6/h8-13,17,28,40-41H,14-16H2,1-7H3. The molecule has 0 saturated carbocycles. The number of anilines is 3. The van der Waals surface area contributed by atoms with E-state index in [1.165, 1.54) is 46.1 Å². The number of halogens is 2. The van der Waals surface area contributed by atoms with E-state index in [2.05, 4.69) is 9.97 Å². The molecule has 2 aliphatic heterocycles. The summed E-state index contributed by atoms with van der Waals surface area (Å²) in [6.07, 6.45) is -0.575. The molecule has 1 atom stereocenters. The molecule has 13 heteroatoms. The van der Waals surface area contributed by atoms with E-state index < -0.39 is 35.2 Å². The predicted molar refractivity (Wildman–Crippen MR) is 167 cm³/mol. The highest BCUT2D eigenvalue weighted by Gasteiger charge is 2.51. The van der Waals surface area contributed by atoms with Crippen LogP contribution >= 0.6 is 11.6 Å². The number of amides is 2. The first kappa shape index (κ1) is 32.4. The van der Waals surface area contributed by atoms with Crippen LogP contribution in [0.3, 0.4) is 0 Å². The Bertz CT molecular complexity index is 1640. The molecule has 0 spiro atoms. The molecule has 1 unspecified atom stereocenters. The van der Waals surface area contributed by atoms with Gasteiger partial charge in [-0.05, 0) is 63.4 Å². The van der Waals surface area contributed by atoms with Crippen molar-refractivity contribution in [3.05, 3.63) is 58.6 Å². The minimum atomic E-state index is -1.70. The molecule has 11 nitrogen and oxygen atoms in total. The van der Waals surface area contributed by atoms with Gasteiger partial charge < -0.3 is 29.5 Å². The SMILES string of the molecule is COC1(CN2c3cc(Cl)c(-c4c(O)cccc4F)nc3N(c3c(C)ccnc3C(C)C)C(=O)C2O)CN(C(=O)OC(C)(C)C)C1. The third-order valence-electron chi connectivity index (χ3n) is 7.85. The highest BCUT2D eigenvalue weighted by atomic mass is 35.5. The Labute approximate surface area is 266 Å². The number of nitrogens with zero attached hydrogens (tertiary/aromatic N) is 5. The van der Waals surface area contributed by atoms with Gasteiger partial charge in [0.2, 0.25) is 6.23 Å². The number of aryl methyl sites for hydroxylation is 1. The molecule has 240 valence electrons. The topological polar surface area (TPSA) is 129 Å². The van der Waals surface area contributed by atoms with Crippen LogP contribution in [0, 0.1) is 12.7 Å². The average Bonchev–Trinajstić information content (AvgIpc) is 2.92. The fourth-order valence-corrected chi connectivity index (χ4v) is 5.87. The first-order valence-electron chi connectivity index (χ1n) is 14.5. The second-order valence-electron chi connectivity index (χ2n) is 12.7.